The first-order valence-electron chi connectivity index (χ1n) is 12.8. The normalized spacial score (nSPS) is 19.1. The molecule has 0 unspecified atom stereocenters. The zero-order valence-corrected chi connectivity index (χ0v) is 22.0. The first-order valence-corrected chi connectivity index (χ1v) is 12.8. The zero-order chi connectivity index (χ0) is 30.4. The van der Waals surface area contributed by atoms with Crippen molar-refractivity contribution >= 4 is 17.6 Å². The first-order chi connectivity index (χ1) is 19.8. The fourth-order valence-corrected chi connectivity index (χ4v) is 5.10. The summed E-state index contributed by atoms with van der Waals surface area (Å²) >= 11 is 0. The molecule has 2 heterocycles. The maximum atomic E-state index is 13.6. The minimum absolute atomic E-state index is 0.193. The van der Waals surface area contributed by atoms with Crippen LogP contribution in [-0.4, -0.2) is 57.9 Å². The molecule has 0 saturated carbocycles. The van der Waals surface area contributed by atoms with Crippen LogP contribution in [0.15, 0.2) is 60.8 Å². The van der Waals surface area contributed by atoms with Gasteiger partial charge in [-0.3, -0.25) is 19.4 Å². The van der Waals surface area contributed by atoms with Gasteiger partial charge in [-0.05, 0) is 41.8 Å². The molecule has 7 nitrogen and oxygen atoms in total. The van der Waals surface area contributed by atoms with Crippen molar-refractivity contribution in [3.8, 4) is 11.1 Å². The molecule has 1 fully saturated rings. The third-order valence-electron chi connectivity index (χ3n) is 7.45. The van der Waals surface area contributed by atoms with Gasteiger partial charge in [0.15, 0.2) is 5.78 Å². The lowest BCUT2D eigenvalue weighted by Gasteiger charge is -2.32. The molecule has 0 N–H and O–H groups in total. The Morgan fingerprint density at radius 2 is 1.76 bits per heavy atom. The van der Waals surface area contributed by atoms with Crippen molar-refractivity contribution in [2.75, 3.05) is 13.3 Å². The van der Waals surface area contributed by atoms with Gasteiger partial charge in [0.25, 0.3) is 12.3 Å². The molecule has 1 aliphatic carbocycles. The van der Waals surface area contributed by atoms with Crippen molar-refractivity contribution in [2.45, 2.75) is 44.1 Å². The van der Waals surface area contributed by atoms with Crippen molar-refractivity contribution in [3.05, 3.63) is 89.0 Å². The second-order valence-electron chi connectivity index (χ2n) is 10.1. The van der Waals surface area contributed by atoms with E-state index in [1.165, 1.54) is 36.5 Å². The minimum Gasteiger partial charge on any atom is -0.332 e. The fraction of sp³-hybridized carbons (Fsp3) is 0.310. The van der Waals surface area contributed by atoms with E-state index in [-0.39, 0.29) is 17.5 Å². The number of rotatable bonds is 7. The van der Waals surface area contributed by atoms with Gasteiger partial charge in [0, 0.05) is 30.3 Å². The third-order valence-corrected chi connectivity index (χ3v) is 7.45. The molecule has 3 aromatic rings. The number of aromatic nitrogens is 1. The second kappa shape index (κ2) is 10.9. The van der Waals surface area contributed by atoms with Gasteiger partial charge in [-0.1, -0.05) is 36.4 Å². The van der Waals surface area contributed by atoms with Crippen LogP contribution < -0.4 is 0 Å². The summed E-state index contributed by atoms with van der Waals surface area (Å²) in [5, 5.41) is 0. The summed E-state index contributed by atoms with van der Waals surface area (Å²) in [4.78, 5) is 45.0. The molecule has 1 aliphatic heterocycles. The number of amides is 2. The Kier molecular flexibility index (Phi) is 7.56. The van der Waals surface area contributed by atoms with Crippen LogP contribution in [0.1, 0.15) is 35.7 Å². The van der Waals surface area contributed by atoms with Gasteiger partial charge in [0.05, 0.1) is 0 Å². The predicted molar refractivity (Wildman–Crippen MR) is 135 cm³/mol. The Labute approximate surface area is 235 Å². The van der Waals surface area contributed by atoms with Crippen molar-refractivity contribution in [3.63, 3.8) is 0 Å². The fourth-order valence-electron chi connectivity index (χ4n) is 5.10. The van der Waals surface area contributed by atoms with Crippen LogP contribution in [0.25, 0.3) is 11.1 Å². The van der Waals surface area contributed by atoms with Crippen molar-refractivity contribution in [1.82, 2.24) is 14.8 Å². The average molecular weight is 592 g/mol. The SMILES string of the molecule is C[C@H](N(Cc1ccc(F)cc1)C(=O)CN1CO[C@]2(C(=O)Cc3cc(-c4ccc(C(F)F)nc4)ccc32)C1=O)C(F)(F)F. The molecule has 13 heteroatoms. The van der Waals surface area contributed by atoms with E-state index in [0.717, 1.165) is 24.0 Å². The van der Waals surface area contributed by atoms with E-state index in [1.54, 1.807) is 12.1 Å². The lowest BCUT2D eigenvalue weighted by atomic mass is 9.92. The van der Waals surface area contributed by atoms with Crippen molar-refractivity contribution in [1.29, 1.82) is 0 Å². The highest BCUT2D eigenvalue weighted by Gasteiger charge is 2.59. The van der Waals surface area contributed by atoms with Gasteiger partial charge in [0.1, 0.15) is 30.8 Å². The monoisotopic (exact) mass is 591 g/mol. The van der Waals surface area contributed by atoms with Crippen LogP contribution in [0, 0.1) is 5.82 Å². The number of Topliss-reactive ketones (excluding diaryl/α,β-unsaturated/α-hetero) is 1. The van der Waals surface area contributed by atoms with Crippen LogP contribution in [0.2, 0.25) is 0 Å². The van der Waals surface area contributed by atoms with Crippen molar-refractivity contribution < 1.29 is 45.5 Å². The number of carbonyl (C=O) groups is 3. The Hall–Kier alpha value is -4.26. The predicted octanol–water partition coefficient (Wildman–Crippen LogP) is 4.94. The highest BCUT2D eigenvalue weighted by molar-refractivity contribution is 6.15. The second-order valence-corrected chi connectivity index (χ2v) is 10.1. The molecule has 42 heavy (non-hydrogen) atoms. The quantitative estimate of drug-likeness (QED) is 0.287. The molecule has 2 aromatic carbocycles. The number of halogens is 6. The number of alkyl halides is 5. The van der Waals surface area contributed by atoms with Crippen LogP contribution in [0.3, 0.4) is 0 Å². The summed E-state index contributed by atoms with van der Waals surface area (Å²) in [6.45, 7) is -0.992. The van der Waals surface area contributed by atoms with Gasteiger partial charge in [-0.2, -0.15) is 13.2 Å². The number of pyridine rings is 1. The Bertz CT molecular complexity index is 1530. The lowest BCUT2D eigenvalue weighted by molar-refractivity contribution is -0.187. The first kappa shape index (κ1) is 29.2. The maximum Gasteiger partial charge on any atom is 0.408 e. The number of hydrogen-bond acceptors (Lipinski definition) is 5. The lowest BCUT2D eigenvalue weighted by Crippen LogP contribution is -2.51. The van der Waals surface area contributed by atoms with Gasteiger partial charge in [0.2, 0.25) is 11.5 Å². The molecular weight excluding hydrogens is 568 g/mol. The molecule has 5 rings (SSSR count). The summed E-state index contributed by atoms with van der Waals surface area (Å²) in [6, 6.07) is 9.70. The number of ether oxygens (including phenoxy) is 1. The molecule has 2 atom stereocenters. The summed E-state index contributed by atoms with van der Waals surface area (Å²) in [7, 11) is 0. The molecule has 1 aromatic heterocycles. The molecule has 1 saturated heterocycles. The Morgan fingerprint density at radius 3 is 2.38 bits per heavy atom. The number of carbonyl (C=O) groups excluding carboxylic acids is 3. The van der Waals surface area contributed by atoms with Crippen LogP contribution in [0.5, 0.6) is 0 Å². The largest absolute Gasteiger partial charge is 0.408 e. The van der Waals surface area contributed by atoms with Gasteiger partial charge >= 0.3 is 6.18 Å². The molecule has 2 aliphatic rings. The molecule has 1 spiro atoms. The standard InChI is InChI=1S/C29H23F6N3O4/c1-16(29(33,34)35)38(13-17-2-6-21(30)7-3-17)25(40)14-37-15-42-28(27(37)41)22-8-4-18(10-20(22)11-24(28)39)19-5-9-23(26(31)32)36-12-19/h2-10,12,16,26H,11,13-15H2,1H3/t16-,28+/m0/s1. The van der Waals surface area contributed by atoms with Gasteiger partial charge in [-0.25, -0.2) is 13.2 Å². The minimum atomic E-state index is -4.78. The molecule has 0 bridgehead atoms. The van der Waals surface area contributed by atoms with E-state index >= 15 is 0 Å². The number of ketones is 1. The average Bonchev–Trinajstić information content (AvgIpc) is 3.43. The summed E-state index contributed by atoms with van der Waals surface area (Å²) in [5.74, 6) is -3.12. The Morgan fingerprint density at radius 1 is 1.07 bits per heavy atom. The summed E-state index contributed by atoms with van der Waals surface area (Å²) in [5.41, 5.74) is -0.460. The number of benzene rings is 2. The summed E-state index contributed by atoms with van der Waals surface area (Å²) < 4.78 is 85.6. The molecule has 220 valence electrons. The number of nitrogens with zero attached hydrogens (tertiary/aromatic N) is 3. The zero-order valence-electron chi connectivity index (χ0n) is 22.0. The highest BCUT2D eigenvalue weighted by atomic mass is 19.4. The third kappa shape index (κ3) is 5.24. The van der Waals surface area contributed by atoms with Gasteiger partial charge in [-0.15, -0.1) is 0 Å². The van der Waals surface area contributed by atoms with E-state index in [0.29, 0.717) is 21.6 Å². The smallest absolute Gasteiger partial charge is 0.332 e. The number of hydrogen-bond donors (Lipinski definition) is 0. The summed E-state index contributed by atoms with van der Waals surface area (Å²) in [6.07, 6.45) is -6.44. The van der Waals surface area contributed by atoms with Crippen LogP contribution in [0.4, 0.5) is 26.3 Å². The Balaban J connectivity index is 1.37. The van der Waals surface area contributed by atoms with E-state index in [1.807, 2.05) is 0 Å². The van der Waals surface area contributed by atoms with Gasteiger partial charge < -0.3 is 14.5 Å². The van der Waals surface area contributed by atoms with E-state index in [2.05, 4.69) is 4.98 Å². The molecule has 2 amide bonds. The number of fused-ring (bicyclic) bond motifs is 2. The molecular formula is C29H23F6N3O4. The van der Waals surface area contributed by atoms with Crippen LogP contribution in [-0.2, 0) is 37.7 Å². The van der Waals surface area contributed by atoms with E-state index < -0.39 is 73.2 Å². The van der Waals surface area contributed by atoms with E-state index in [4.69, 9.17) is 4.74 Å². The van der Waals surface area contributed by atoms with E-state index in [9.17, 15) is 40.7 Å². The maximum absolute atomic E-state index is 13.6. The van der Waals surface area contributed by atoms with Crippen molar-refractivity contribution in [2.24, 2.45) is 0 Å². The van der Waals surface area contributed by atoms with Crippen LogP contribution >= 0.6 is 0 Å². The highest BCUT2D eigenvalue weighted by Crippen LogP contribution is 2.43. The molecule has 0 radical (unpaired) electrons. The topological polar surface area (TPSA) is 79.8 Å².